The number of esters is 1. The lowest BCUT2D eigenvalue weighted by Crippen LogP contribution is -2.55. The van der Waals surface area contributed by atoms with E-state index in [4.69, 9.17) is 14.2 Å². The van der Waals surface area contributed by atoms with Crippen molar-refractivity contribution in [1.29, 1.82) is 0 Å². The molecular weight excluding hydrogens is 494 g/mol. The molecule has 0 unspecified atom stereocenters. The summed E-state index contributed by atoms with van der Waals surface area (Å²) in [5.41, 5.74) is 0.0778. The molecule has 0 saturated heterocycles. The standard InChI is InChI=1S/C26H43N3O7Si/c1-18(22(30)28-19(2)24(32)35-17-34-14-15-37(6,7)8)27-23(31)21(16-20-12-10-9-11-13-20)29-25(33)36-26(3,4)5/h9-13,18-19,21H,14-17H2,1-8H3,(H,27,31)(H,28,30)(H,29,33)/t18-,19-,21-/m0/s1. The van der Waals surface area contributed by atoms with Gasteiger partial charge in [0.05, 0.1) is 0 Å². The van der Waals surface area contributed by atoms with Gasteiger partial charge < -0.3 is 30.2 Å². The Bertz CT molecular complexity index is 898. The van der Waals surface area contributed by atoms with Gasteiger partial charge in [0, 0.05) is 21.1 Å². The van der Waals surface area contributed by atoms with E-state index < -0.39 is 55.7 Å². The number of rotatable bonds is 13. The highest BCUT2D eigenvalue weighted by Crippen LogP contribution is 2.09. The third-order valence-corrected chi connectivity index (χ3v) is 6.74. The van der Waals surface area contributed by atoms with E-state index in [1.807, 2.05) is 30.3 Å². The van der Waals surface area contributed by atoms with Crippen molar-refractivity contribution < 1.29 is 33.4 Å². The quantitative estimate of drug-likeness (QED) is 0.153. The van der Waals surface area contributed by atoms with Crippen molar-refractivity contribution in [1.82, 2.24) is 16.0 Å². The fourth-order valence-electron chi connectivity index (χ4n) is 2.95. The summed E-state index contributed by atoms with van der Waals surface area (Å²) in [4.78, 5) is 50.1. The average molecular weight is 538 g/mol. The van der Waals surface area contributed by atoms with Gasteiger partial charge in [0.2, 0.25) is 11.8 Å². The Labute approximate surface area is 221 Å². The minimum Gasteiger partial charge on any atom is -0.444 e. The molecule has 0 fully saturated rings. The molecule has 0 aliphatic carbocycles. The van der Waals surface area contributed by atoms with Gasteiger partial charge in [-0.2, -0.15) is 0 Å². The van der Waals surface area contributed by atoms with Gasteiger partial charge in [-0.15, -0.1) is 0 Å². The highest BCUT2D eigenvalue weighted by Gasteiger charge is 2.28. The number of ether oxygens (including phenoxy) is 3. The minimum atomic E-state index is -1.24. The number of carbonyl (C=O) groups is 4. The van der Waals surface area contributed by atoms with E-state index in [9.17, 15) is 19.2 Å². The van der Waals surface area contributed by atoms with Crippen molar-refractivity contribution in [3.8, 4) is 0 Å². The topological polar surface area (TPSA) is 132 Å². The molecule has 3 N–H and O–H groups in total. The summed E-state index contributed by atoms with van der Waals surface area (Å²) in [6, 6.07) is 7.20. The highest BCUT2D eigenvalue weighted by molar-refractivity contribution is 6.76. The van der Waals surface area contributed by atoms with Gasteiger partial charge in [0.15, 0.2) is 6.79 Å². The van der Waals surface area contributed by atoms with E-state index in [1.54, 1.807) is 20.8 Å². The molecule has 3 amide bonds. The monoisotopic (exact) mass is 537 g/mol. The van der Waals surface area contributed by atoms with E-state index in [0.29, 0.717) is 6.61 Å². The molecule has 11 heteroatoms. The van der Waals surface area contributed by atoms with Crippen LogP contribution >= 0.6 is 0 Å². The summed E-state index contributed by atoms with van der Waals surface area (Å²) in [7, 11) is -1.24. The molecule has 0 bridgehead atoms. The summed E-state index contributed by atoms with van der Waals surface area (Å²) in [5, 5.41) is 7.69. The van der Waals surface area contributed by atoms with Gasteiger partial charge in [-0.1, -0.05) is 50.0 Å². The summed E-state index contributed by atoms with van der Waals surface area (Å²) in [6.07, 6.45) is -0.551. The predicted molar refractivity (Wildman–Crippen MR) is 144 cm³/mol. The van der Waals surface area contributed by atoms with Gasteiger partial charge in [0.25, 0.3) is 0 Å². The van der Waals surface area contributed by atoms with Crippen molar-refractivity contribution >= 4 is 32.0 Å². The number of alkyl carbamates (subject to hydrolysis) is 1. The van der Waals surface area contributed by atoms with E-state index in [1.165, 1.54) is 13.8 Å². The van der Waals surface area contributed by atoms with Crippen molar-refractivity contribution in [3.63, 3.8) is 0 Å². The molecule has 1 aromatic carbocycles. The zero-order chi connectivity index (χ0) is 28.2. The Morgan fingerprint density at radius 3 is 2.05 bits per heavy atom. The molecule has 0 aliphatic heterocycles. The van der Waals surface area contributed by atoms with Gasteiger partial charge in [0.1, 0.15) is 23.7 Å². The summed E-state index contributed by atoms with van der Waals surface area (Å²) >= 11 is 0. The van der Waals surface area contributed by atoms with E-state index in [-0.39, 0.29) is 13.2 Å². The maximum Gasteiger partial charge on any atom is 0.408 e. The van der Waals surface area contributed by atoms with Crippen LogP contribution in [-0.4, -0.2) is 69.1 Å². The second-order valence-corrected chi connectivity index (χ2v) is 16.8. The molecule has 0 aromatic heterocycles. The molecule has 1 aromatic rings. The van der Waals surface area contributed by atoms with Crippen LogP contribution < -0.4 is 16.0 Å². The molecule has 0 aliphatic rings. The van der Waals surface area contributed by atoms with Crippen LogP contribution in [0.1, 0.15) is 40.2 Å². The van der Waals surface area contributed by atoms with Gasteiger partial charge >= 0.3 is 12.1 Å². The minimum absolute atomic E-state index is 0.187. The first kappa shape index (κ1) is 32.1. The largest absolute Gasteiger partial charge is 0.444 e. The first-order valence-electron chi connectivity index (χ1n) is 12.5. The Kier molecular flexibility index (Phi) is 12.8. The number of carbonyl (C=O) groups excluding carboxylic acids is 4. The second-order valence-electron chi connectivity index (χ2n) is 11.1. The van der Waals surface area contributed by atoms with Crippen LogP contribution in [0.3, 0.4) is 0 Å². The Balaban J connectivity index is 2.65. The van der Waals surface area contributed by atoms with Gasteiger partial charge in [-0.05, 0) is 46.2 Å². The maximum absolute atomic E-state index is 13.0. The molecule has 0 saturated carbocycles. The lowest BCUT2D eigenvalue weighted by atomic mass is 10.0. The van der Waals surface area contributed by atoms with Gasteiger partial charge in [-0.3, -0.25) is 9.59 Å². The zero-order valence-electron chi connectivity index (χ0n) is 23.3. The molecule has 0 radical (unpaired) electrons. The van der Waals surface area contributed by atoms with Crippen LogP contribution in [-0.2, 0) is 35.0 Å². The fourth-order valence-corrected chi connectivity index (χ4v) is 3.70. The summed E-state index contributed by atoms with van der Waals surface area (Å²) < 4.78 is 15.7. The van der Waals surface area contributed by atoms with E-state index in [0.717, 1.165) is 11.6 Å². The van der Waals surface area contributed by atoms with Crippen LogP contribution in [0.5, 0.6) is 0 Å². The second kappa shape index (κ2) is 14.7. The number of hydrogen-bond donors (Lipinski definition) is 3. The molecule has 10 nitrogen and oxygen atoms in total. The fraction of sp³-hybridized carbons (Fsp3) is 0.615. The number of hydrogen-bond acceptors (Lipinski definition) is 7. The van der Waals surface area contributed by atoms with Crippen LogP contribution in [0.2, 0.25) is 25.7 Å². The van der Waals surface area contributed by atoms with Crippen molar-refractivity contribution in [2.24, 2.45) is 0 Å². The van der Waals surface area contributed by atoms with Crippen LogP contribution in [0.4, 0.5) is 4.79 Å². The molecule has 1 rings (SSSR count). The Hall–Kier alpha value is -2.92. The normalized spacial score (nSPS) is 14.1. The van der Waals surface area contributed by atoms with Crippen molar-refractivity contribution in [3.05, 3.63) is 35.9 Å². The lowest BCUT2D eigenvalue weighted by Gasteiger charge is -2.24. The number of nitrogens with one attached hydrogen (secondary N) is 3. The third kappa shape index (κ3) is 14.4. The Morgan fingerprint density at radius 1 is 0.892 bits per heavy atom. The molecule has 208 valence electrons. The Morgan fingerprint density at radius 2 is 1.49 bits per heavy atom. The number of benzene rings is 1. The predicted octanol–water partition coefficient (Wildman–Crippen LogP) is 2.99. The lowest BCUT2D eigenvalue weighted by molar-refractivity contribution is -0.159. The average Bonchev–Trinajstić information content (AvgIpc) is 2.76. The van der Waals surface area contributed by atoms with Crippen molar-refractivity contribution in [2.75, 3.05) is 13.4 Å². The summed E-state index contributed by atoms with van der Waals surface area (Å²) in [6.45, 7) is 15.1. The molecular formula is C26H43N3O7Si. The first-order valence-corrected chi connectivity index (χ1v) is 16.2. The van der Waals surface area contributed by atoms with Crippen LogP contribution in [0.25, 0.3) is 0 Å². The summed E-state index contributed by atoms with van der Waals surface area (Å²) in [5.74, 6) is -1.79. The van der Waals surface area contributed by atoms with Crippen LogP contribution in [0, 0.1) is 0 Å². The van der Waals surface area contributed by atoms with E-state index in [2.05, 4.69) is 35.6 Å². The highest BCUT2D eigenvalue weighted by atomic mass is 28.3. The maximum atomic E-state index is 13.0. The molecule has 0 spiro atoms. The van der Waals surface area contributed by atoms with E-state index >= 15 is 0 Å². The molecule has 0 heterocycles. The first-order chi connectivity index (χ1) is 17.1. The van der Waals surface area contributed by atoms with Gasteiger partial charge in [-0.25, -0.2) is 9.59 Å². The molecule has 3 atom stereocenters. The number of amides is 3. The van der Waals surface area contributed by atoms with Crippen molar-refractivity contribution in [2.45, 2.75) is 90.5 Å². The molecule has 37 heavy (non-hydrogen) atoms. The third-order valence-electron chi connectivity index (χ3n) is 5.04. The zero-order valence-corrected chi connectivity index (χ0v) is 24.3. The smallest absolute Gasteiger partial charge is 0.408 e. The SMILES string of the molecule is C[C@H](NC(=O)[C@H](Cc1ccccc1)NC(=O)OC(C)(C)C)C(=O)N[C@@H](C)C(=O)OCOCC[Si](C)(C)C. The van der Waals surface area contributed by atoms with Crippen LogP contribution in [0.15, 0.2) is 30.3 Å².